The van der Waals surface area contributed by atoms with Crippen molar-refractivity contribution < 1.29 is 4.79 Å². The van der Waals surface area contributed by atoms with E-state index in [0.29, 0.717) is 15.9 Å². The summed E-state index contributed by atoms with van der Waals surface area (Å²) >= 11 is 7.53. The van der Waals surface area contributed by atoms with Gasteiger partial charge in [-0.3, -0.25) is 4.79 Å². The Morgan fingerprint density at radius 2 is 1.77 bits per heavy atom. The Morgan fingerprint density at radius 1 is 0.968 bits per heavy atom. The van der Waals surface area contributed by atoms with Crippen LogP contribution in [-0.2, 0) is 24.1 Å². The molecule has 4 nitrogen and oxygen atoms in total. The van der Waals surface area contributed by atoms with Gasteiger partial charge in [0.2, 0.25) is 5.91 Å². The number of fused-ring (bicyclic) bond motifs is 2. The minimum absolute atomic E-state index is 0.117. The highest BCUT2D eigenvalue weighted by Crippen LogP contribution is 2.33. The van der Waals surface area contributed by atoms with Crippen LogP contribution in [0, 0.1) is 0 Å². The van der Waals surface area contributed by atoms with Gasteiger partial charge in [-0.1, -0.05) is 53.7 Å². The van der Waals surface area contributed by atoms with Crippen molar-refractivity contribution in [3.8, 4) is 11.3 Å². The normalized spacial score (nSPS) is 15.3. The summed E-state index contributed by atoms with van der Waals surface area (Å²) in [4.78, 5) is 24.7. The fourth-order valence-electron chi connectivity index (χ4n) is 4.48. The molecule has 6 heteroatoms. The number of nitrogens with zero attached hydrogens (tertiary/aromatic N) is 3. The monoisotopic (exact) mass is 449 g/mol. The highest BCUT2D eigenvalue weighted by Gasteiger charge is 2.24. The van der Waals surface area contributed by atoms with Gasteiger partial charge in [0.05, 0.1) is 11.4 Å². The minimum atomic E-state index is 0.117. The molecular formula is C25H24ClN3OS. The summed E-state index contributed by atoms with van der Waals surface area (Å²) in [7, 11) is 0. The van der Waals surface area contributed by atoms with Crippen LogP contribution >= 0.6 is 23.4 Å². The van der Waals surface area contributed by atoms with Crippen LogP contribution in [0.5, 0.6) is 0 Å². The molecule has 0 unspecified atom stereocenters. The van der Waals surface area contributed by atoms with Gasteiger partial charge in [-0.25, -0.2) is 9.97 Å². The zero-order valence-corrected chi connectivity index (χ0v) is 18.9. The Hall–Kier alpha value is -2.37. The van der Waals surface area contributed by atoms with E-state index in [2.05, 4.69) is 6.07 Å². The average molecular weight is 450 g/mol. The van der Waals surface area contributed by atoms with Gasteiger partial charge in [-0.05, 0) is 62.3 Å². The van der Waals surface area contributed by atoms with Gasteiger partial charge in [-0.15, -0.1) is 0 Å². The lowest BCUT2D eigenvalue weighted by Gasteiger charge is -2.29. The van der Waals surface area contributed by atoms with Crippen molar-refractivity contribution in [2.24, 2.45) is 0 Å². The molecule has 0 N–H and O–H groups in total. The number of thioether (sulfide) groups is 1. The van der Waals surface area contributed by atoms with Crippen LogP contribution in [0.15, 0.2) is 53.7 Å². The molecule has 2 heterocycles. The van der Waals surface area contributed by atoms with Crippen LogP contribution < -0.4 is 4.90 Å². The van der Waals surface area contributed by atoms with Crippen LogP contribution in [-0.4, -0.2) is 28.2 Å². The lowest BCUT2D eigenvalue weighted by atomic mass is 9.92. The number of hydrogen-bond acceptors (Lipinski definition) is 4. The first kappa shape index (κ1) is 20.5. The standard InChI is InChI=1S/C25H24ClN3OS/c26-19-13-11-18(12-14-19)24-20-8-2-3-9-21(20)27-25(28-24)31-16-23(30)29-15-5-7-17-6-1-4-10-22(17)29/h1,4,6,10-14H,2-3,5,7-9,15-16H2. The topological polar surface area (TPSA) is 46.1 Å². The van der Waals surface area contributed by atoms with Crippen molar-refractivity contribution in [3.63, 3.8) is 0 Å². The summed E-state index contributed by atoms with van der Waals surface area (Å²) in [5.74, 6) is 0.458. The van der Waals surface area contributed by atoms with E-state index in [4.69, 9.17) is 21.6 Å². The third-order valence-corrected chi connectivity index (χ3v) is 7.10. The Morgan fingerprint density at radius 3 is 2.65 bits per heavy atom. The zero-order valence-electron chi connectivity index (χ0n) is 17.3. The second kappa shape index (κ2) is 9.01. The van der Waals surface area contributed by atoms with Crippen molar-refractivity contribution in [2.45, 2.75) is 43.7 Å². The molecule has 5 rings (SSSR count). The van der Waals surface area contributed by atoms with E-state index in [1.165, 1.54) is 22.9 Å². The third kappa shape index (κ3) is 4.35. The zero-order chi connectivity index (χ0) is 21.2. The van der Waals surface area contributed by atoms with E-state index < -0.39 is 0 Å². The fourth-order valence-corrected chi connectivity index (χ4v) is 5.34. The van der Waals surface area contributed by atoms with Gasteiger partial charge in [-0.2, -0.15) is 0 Å². The molecule has 2 aliphatic rings. The number of anilines is 1. The average Bonchev–Trinajstić information content (AvgIpc) is 2.82. The number of hydrogen-bond donors (Lipinski definition) is 0. The van der Waals surface area contributed by atoms with Gasteiger partial charge >= 0.3 is 0 Å². The van der Waals surface area contributed by atoms with Crippen molar-refractivity contribution in [1.29, 1.82) is 0 Å². The molecule has 1 aliphatic carbocycles. The molecule has 0 spiro atoms. The summed E-state index contributed by atoms with van der Waals surface area (Å²) < 4.78 is 0. The Bertz CT molecular complexity index is 1120. The number of aromatic nitrogens is 2. The summed E-state index contributed by atoms with van der Waals surface area (Å²) in [5.41, 5.74) is 6.72. The minimum Gasteiger partial charge on any atom is -0.311 e. The Balaban J connectivity index is 1.39. The Labute approximate surface area is 192 Å². The fraction of sp³-hybridized carbons (Fsp3) is 0.320. The molecule has 3 aromatic rings. The number of amides is 1. The predicted octanol–water partition coefficient (Wildman–Crippen LogP) is 5.75. The number of rotatable bonds is 4. The number of para-hydroxylation sites is 1. The van der Waals surface area contributed by atoms with Crippen molar-refractivity contribution in [3.05, 3.63) is 70.4 Å². The highest BCUT2D eigenvalue weighted by atomic mass is 35.5. The molecule has 0 bridgehead atoms. The maximum absolute atomic E-state index is 13.1. The predicted molar refractivity (Wildman–Crippen MR) is 127 cm³/mol. The van der Waals surface area contributed by atoms with Crippen LogP contribution in [0.1, 0.15) is 36.1 Å². The smallest absolute Gasteiger partial charge is 0.237 e. The lowest BCUT2D eigenvalue weighted by molar-refractivity contribution is -0.116. The van der Waals surface area contributed by atoms with Gasteiger partial charge in [0.1, 0.15) is 0 Å². The summed E-state index contributed by atoms with van der Waals surface area (Å²) in [5, 5.41) is 1.40. The molecule has 31 heavy (non-hydrogen) atoms. The third-order valence-electron chi connectivity index (χ3n) is 6.02. The second-order valence-electron chi connectivity index (χ2n) is 8.06. The van der Waals surface area contributed by atoms with E-state index in [9.17, 15) is 4.79 Å². The van der Waals surface area contributed by atoms with E-state index in [0.717, 1.165) is 67.7 Å². The Kier molecular flexibility index (Phi) is 5.97. The summed E-state index contributed by atoms with van der Waals surface area (Å²) in [6.07, 6.45) is 6.32. The number of carbonyl (C=O) groups excluding carboxylic acids is 1. The number of benzene rings is 2. The maximum atomic E-state index is 13.1. The first-order valence-electron chi connectivity index (χ1n) is 10.9. The van der Waals surface area contributed by atoms with Gasteiger partial charge in [0.25, 0.3) is 0 Å². The second-order valence-corrected chi connectivity index (χ2v) is 9.44. The van der Waals surface area contributed by atoms with Crippen LogP contribution in [0.4, 0.5) is 5.69 Å². The van der Waals surface area contributed by atoms with E-state index >= 15 is 0 Å². The molecule has 2 aromatic carbocycles. The molecule has 1 amide bonds. The van der Waals surface area contributed by atoms with Crippen molar-refractivity contribution in [1.82, 2.24) is 9.97 Å². The molecule has 0 radical (unpaired) electrons. The molecule has 0 atom stereocenters. The number of carbonyl (C=O) groups is 1. The largest absolute Gasteiger partial charge is 0.311 e. The quantitative estimate of drug-likeness (QED) is 0.376. The molecule has 1 aromatic heterocycles. The SMILES string of the molecule is O=C(CSc1nc2c(c(-c3ccc(Cl)cc3)n1)CCCC2)N1CCCc2ccccc21. The molecule has 0 fully saturated rings. The van der Waals surface area contributed by atoms with Gasteiger partial charge in [0, 0.05) is 34.1 Å². The molecular weight excluding hydrogens is 426 g/mol. The summed E-state index contributed by atoms with van der Waals surface area (Å²) in [6.45, 7) is 0.775. The lowest BCUT2D eigenvalue weighted by Crippen LogP contribution is -2.36. The molecule has 158 valence electrons. The van der Waals surface area contributed by atoms with Crippen molar-refractivity contribution in [2.75, 3.05) is 17.2 Å². The van der Waals surface area contributed by atoms with E-state index in [1.54, 1.807) is 0 Å². The number of aryl methyl sites for hydroxylation is 2. The summed E-state index contributed by atoms with van der Waals surface area (Å²) in [6, 6.07) is 16.0. The molecule has 0 saturated carbocycles. The van der Waals surface area contributed by atoms with E-state index in [-0.39, 0.29) is 5.91 Å². The molecule has 1 aliphatic heterocycles. The van der Waals surface area contributed by atoms with Gasteiger partial charge in [0.15, 0.2) is 5.16 Å². The van der Waals surface area contributed by atoms with Crippen molar-refractivity contribution >= 4 is 35.0 Å². The highest BCUT2D eigenvalue weighted by molar-refractivity contribution is 7.99. The first-order chi connectivity index (χ1) is 15.2. The maximum Gasteiger partial charge on any atom is 0.237 e. The molecule has 0 saturated heterocycles. The van der Waals surface area contributed by atoms with Crippen LogP contribution in [0.25, 0.3) is 11.3 Å². The first-order valence-corrected chi connectivity index (χ1v) is 12.2. The van der Waals surface area contributed by atoms with Crippen LogP contribution in [0.2, 0.25) is 5.02 Å². The van der Waals surface area contributed by atoms with E-state index in [1.807, 2.05) is 47.4 Å². The van der Waals surface area contributed by atoms with Crippen LogP contribution in [0.3, 0.4) is 0 Å². The number of halogens is 1. The van der Waals surface area contributed by atoms with Gasteiger partial charge < -0.3 is 4.90 Å².